The van der Waals surface area contributed by atoms with E-state index in [0.717, 1.165) is 21.1 Å². The average Bonchev–Trinajstić information content (AvgIpc) is 0.834. The van der Waals surface area contributed by atoms with Crippen molar-refractivity contribution in [3.05, 3.63) is 0 Å². The smallest absolute Gasteiger partial charge is 0.246 e. The van der Waals surface area contributed by atoms with Crippen molar-refractivity contribution in [3.8, 4) is 0 Å². The van der Waals surface area contributed by atoms with Crippen LogP contribution in [0, 0.1) is 23.7 Å². The van der Waals surface area contributed by atoms with Gasteiger partial charge in [0.25, 0.3) is 0 Å². The average molecular weight is 1360 g/mol. The van der Waals surface area contributed by atoms with E-state index in [4.69, 9.17) is 4.74 Å². The first kappa shape index (κ1) is 80.1. The van der Waals surface area contributed by atoms with Crippen LogP contribution in [-0.2, 0) is 62.3 Å². The van der Waals surface area contributed by atoms with Crippen LogP contribution in [0.3, 0.4) is 0 Å². The highest BCUT2D eigenvalue weighted by molar-refractivity contribution is 6.00. The second-order valence-corrected chi connectivity index (χ2v) is 28.9. The molecule has 3 heterocycles. The van der Waals surface area contributed by atoms with E-state index < -0.39 is 168 Å². The Morgan fingerprint density at radius 2 is 1.28 bits per heavy atom. The lowest BCUT2D eigenvalue weighted by Crippen LogP contribution is -2.65. The third-order valence-electron chi connectivity index (χ3n) is 21.4. The van der Waals surface area contributed by atoms with Crippen molar-refractivity contribution >= 4 is 70.9 Å². The summed E-state index contributed by atoms with van der Waals surface area (Å²) >= 11 is 0. The van der Waals surface area contributed by atoms with Gasteiger partial charge < -0.3 is 65.2 Å². The number of piperidine rings is 1. The van der Waals surface area contributed by atoms with E-state index in [1.807, 2.05) is 27.7 Å². The number of hydrogen-bond donors (Lipinski definition) is 4. The lowest BCUT2D eigenvalue weighted by atomic mass is 9.82. The van der Waals surface area contributed by atoms with Gasteiger partial charge >= 0.3 is 0 Å². The van der Waals surface area contributed by atoms with Gasteiger partial charge in [-0.15, -0.1) is 0 Å². The number of hydrogen-bond acceptors (Lipinski definition) is 13. The molecule has 0 aromatic rings. The van der Waals surface area contributed by atoms with E-state index in [1.54, 1.807) is 25.9 Å². The highest BCUT2D eigenvalue weighted by Gasteiger charge is 2.48. The second kappa shape index (κ2) is 36.3. The summed E-state index contributed by atoms with van der Waals surface area (Å²) in [5, 5.41) is 11.2. The van der Waals surface area contributed by atoms with Crippen LogP contribution < -0.4 is 21.3 Å². The largest absolute Gasteiger partial charge is 0.381 e. The number of halogens is 2. The second-order valence-electron chi connectivity index (χ2n) is 28.9. The Morgan fingerprint density at radius 3 is 1.85 bits per heavy atom. The van der Waals surface area contributed by atoms with Crippen LogP contribution >= 0.6 is 0 Å². The highest BCUT2D eigenvalue weighted by Crippen LogP contribution is 2.35. The van der Waals surface area contributed by atoms with Gasteiger partial charge in [0.15, 0.2) is 0 Å². The first-order chi connectivity index (χ1) is 45.2. The molecule has 0 spiro atoms. The summed E-state index contributed by atoms with van der Waals surface area (Å²) in [6.07, 6.45) is 2.66. The van der Waals surface area contributed by atoms with Crippen LogP contribution in [-0.4, -0.2) is 264 Å². The number of carbonyl (C=O) groups is 12. The molecule has 0 aromatic carbocycles. The number of fused-ring (bicyclic) bond motifs is 1. The van der Waals surface area contributed by atoms with Crippen molar-refractivity contribution in [1.29, 1.82) is 0 Å². The molecule has 12 amide bonds. The maximum Gasteiger partial charge on any atom is 0.246 e. The minimum atomic E-state index is -1.98. The molecule has 3 aliphatic heterocycles. The van der Waals surface area contributed by atoms with Crippen molar-refractivity contribution in [3.63, 3.8) is 0 Å². The van der Waals surface area contributed by atoms with Crippen molar-refractivity contribution in [2.75, 3.05) is 75.6 Å². The van der Waals surface area contributed by atoms with Crippen LogP contribution in [0.2, 0.25) is 0 Å². The maximum absolute atomic E-state index is 15.8. The van der Waals surface area contributed by atoms with E-state index in [-0.39, 0.29) is 75.9 Å². The zero-order valence-corrected chi connectivity index (χ0v) is 60.3. The van der Waals surface area contributed by atoms with Crippen molar-refractivity contribution in [2.45, 2.75) is 269 Å². The first-order valence-electron chi connectivity index (χ1n) is 35.4. The van der Waals surface area contributed by atoms with Crippen molar-refractivity contribution in [1.82, 2.24) is 60.5 Å². The number of ether oxygens (including phenoxy) is 1. The third-order valence-corrected chi connectivity index (χ3v) is 21.4. The monoisotopic (exact) mass is 1360 g/mol. The molecule has 2 saturated carbocycles. The molecule has 0 aromatic heterocycles. The van der Waals surface area contributed by atoms with Gasteiger partial charge in [0.05, 0.1) is 19.1 Å². The molecule has 96 heavy (non-hydrogen) atoms. The van der Waals surface area contributed by atoms with Crippen LogP contribution in [0.4, 0.5) is 8.78 Å². The van der Waals surface area contributed by atoms with Crippen LogP contribution in [0.15, 0.2) is 0 Å². The standard InChI is InChI=1S/C69H116F2N12O13/c1-17-20-27-48-63(90)81(15)69(8,9)68(95)74-50(36-41(4)5)62(89)79(13)54(66(93)82-33-22-21-23-34-82)39-56(85)78(12)51(19-3)60(87)75-58(42(6)18-2)67(94)77(11)43(7)61(88)83-35-32-52(83)65(92)80(14)53(37-44-28-30-46(96-16)31-29-44)64(91)76(10)40-55(84)72-49(59(86)73-48)38-45-25-24-26-47(70)57(45)71/h41-54,57-58H,17-40H2,1-16H3,(H,72,84)(H,73,86)(H,74,95)(H,75,87)/t42-,43-,44?,45?,46?,47?,48-,49-,50-,51-,52-,53-,54-,57?,58-/m0/s1. The lowest BCUT2D eigenvalue weighted by molar-refractivity contribution is -0.160. The summed E-state index contributed by atoms with van der Waals surface area (Å²) in [7, 11) is 10.0. The molecule has 5 fully saturated rings. The Balaban J connectivity index is 1.61. The fourth-order valence-electron chi connectivity index (χ4n) is 14.0. The molecule has 13 atom stereocenters. The summed E-state index contributed by atoms with van der Waals surface area (Å²) in [5.74, 6) is -10.0. The number of likely N-dealkylation sites (N-methyl/N-ethyl adjacent to an activating group) is 6. The summed E-state index contributed by atoms with van der Waals surface area (Å²) < 4.78 is 36.5. The number of rotatable bonds is 14. The molecular formula is C69H116F2N12O13. The minimum absolute atomic E-state index is 0.00911. The Morgan fingerprint density at radius 1 is 0.635 bits per heavy atom. The third kappa shape index (κ3) is 20.1. The highest BCUT2D eigenvalue weighted by atomic mass is 19.2. The van der Waals surface area contributed by atoms with Gasteiger partial charge in [-0.25, -0.2) is 8.78 Å². The molecule has 5 rings (SSSR count). The van der Waals surface area contributed by atoms with Crippen LogP contribution in [0.5, 0.6) is 0 Å². The number of nitrogens with zero attached hydrogens (tertiary/aromatic N) is 8. The van der Waals surface area contributed by atoms with Gasteiger partial charge in [0.2, 0.25) is 70.9 Å². The Hall–Kier alpha value is -6.54. The zero-order chi connectivity index (χ0) is 71.8. The van der Waals surface area contributed by atoms with E-state index in [0.29, 0.717) is 77.3 Å². The topological polar surface area (TPSA) is 288 Å². The molecule has 0 radical (unpaired) electrons. The van der Waals surface area contributed by atoms with Gasteiger partial charge in [0, 0.05) is 69.0 Å². The Labute approximate surface area is 568 Å². The van der Waals surface area contributed by atoms with Crippen molar-refractivity contribution < 1.29 is 71.1 Å². The van der Waals surface area contributed by atoms with Crippen molar-refractivity contribution in [2.24, 2.45) is 23.7 Å². The zero-order valence-electron chi connectivity index (χ0n) is 60.3. The number of carbonyl (C=O) groups excluding carboxylic acids is 12. The first-order valence-corrected chi connectivity index (χ1v) is 35.4. The molecule has 544 valence electrons. The van der Waals surface area contributed by atoms with E-state index in [2.05, 4.69) is 21.3 Å². The normalized spacial score (nSPS) is 31.5. The Kier molecular flexibility index (Phi) is 30.3. The fraction of sp³-hybridized carbons (Fsp3) is 0.826. The van der Waals surface area contributed by atoms with E-state index in [9.17, 15) is 52.7 Å². The van der Waals surface area contributed by atoms with Gasteiger partial charge in [-0.05, 0) is 141 Å². The quantitative estimate of drug-likeness (QED) is 0.191. The Bertz CT molecular complexity index is 2730. The fourth-order valence-corrected chi connectivity index (χ4v) is 14.0. The lowest BCUT2D eigenvalue weighted by Gasteiger charge is -2.45. The molecule has 3 unspecified atom stereocenters. The number of alkyl halides is 2. The number of unbranched alkanes of at least 4 members (excludes halogenated alkanes) is 1. The van der Waals surface area contributed by atoms with Gasteiger partial charge in [-0.1, -0.05) is 67.2 Å². The van der Waals surface area contributed by atoms with Gasteiger partial charge in [0.1, 0.15) is 72.3 Å². The number of likely N-dealkylation sites (tertiary alicyclic amines) is 1. The van der Waals surface area contributed by atoms with Crippen LogP contribution in [0.1, 0.15) is 191 Å². The van der Waals surface area contributed by atoms with Gasteiger partial charge in [-0.3, -0.25) is 57.5 Å². The number of nitrogens with one attached hydrogen (secondary N) is 4. The molecular weight excluding hydrogens is 1240 g/mol. The minimum Gasteiger partial charge on any atom is -0.381 e. The SMILES string of the molecule is CCCC[C@@H]1NC(=O)[C@H](CC2CCCC(F)C2F)NC(=O)CN(C)C(=O)[C@H](CC2CCC(OC)CC2)N(C)C(=O)[C@@H]2CCN2C(=O)[C@H](C)N(C)C(=O)[C@H]([C@@H](C)CC)NC(=O)[C@H](CC)N(C)C(=O)C[C@@H](C(=O)N2CCCCC2)N(C)C(=O)[C@H](CC(C)C)NC(=O)C(C)(C)N(C)C1=O. The summed E-state index contributed by atoms with van der Waals surface area (Å²) in [6.45, 7) is 15.5. The summed E-state index contributed by atoms with van der Waals surface area (Å²) in [4.78, 5) is 187. The molecule has 25 nitrogen and oxygen atoms in total. The molecule has 5 aliphatic rings. The van der Waals surface area contributed by atoms with E-state index >= 15 is 13.6 Å². The molecule has 2 aliphatic carbocycles. The van der Waals surface area contributed by atoms with Crippen LogP contribution in [0.25, 0.3) is 0 Å². The summed E-state index contributed by atoms with van der Waals surface area (Å²) in [6, 6.07) is -11.4. The van der Waals surface area contributed by atoms with E-state index in [1.165, 1.54) is 82.7 Å². The molecule has 27 heteroatoms. The maximum atomic E-state index is 15.8. The number of methoxy groups -OCH3 is 1. The van der Waals surface area contributed by atoms with Gasteiger partial charge in [-0.2, -0.15) is 0 Å². The molecule has 3 saturated heterocycles. The summed E-state index contributed by atoms with van der Waals surface area (Å²) in [5.41, 5.74) is -1.75. The molecule has 0 bridgehead atoms. The molecule has 4 N–H and O–H groups in total. The number of amides is 12. The predicted octanol–water partition coefficient (Wildman–Crippen LogP) is 4.12. The predicted molar refractivity (Wildman–Crippen MR) is 357 cm³/mol.